The minimum atomic E-state index is -4.73. The van der Waals surface area contributed by atoms with E-state index in [0.717, 1.165) is 63.4 Å². The van der Waals surface area contributed by atoms with Gasteiger partial charge in [0, 0.05) is 12.8 Å². The van der Waals surface area contributed by atoms with Gasteiger partial charge in [0.2, 0.25) is 0 Å². The first-order valence-corrected chi connectivity index (χ1v) is 13.9. The smallest absolute Gasteiger partial charge is 0.461 e. The summed E-state index contributed by atoms with van der Waals surface area (Å²) in [5, 5.41) is -1.78. The second-order valence-electron chi connectivity index (χ2n) is 8.88. The van der Waals surface area contributed by atoms with Gasteiger partial charge >= 0.3 is 41.5 Å². The van der Waals surface area contributed by atoms with Crippen molar-refractivity contribution in [2.75, 3.05) is 0 Å². The summed E-state index contributed by atoms with van der Waals surface area (Å²) in [6, 6.07) is 9.60. The summed E-state index contributed by atoms with van der Waals surface area (Å²) in [6.45, 7) is 0.316. The van der Waals surface area contributed by atoms with Crippen molar-refractivity contribution >= 4 is 33.9 Å². The number of rotatable bonds is 17. The van der Waals surface area contributed by atoms with Crippen molar-refractivity contribution in [3.05, 3.63) is 35.9 Å². The Morgan fingerprint density at radius 3 is 1.81 bits per heavy atom. The molecule has 1 aliphatic heterocycles. The van der Waals surface area contributed by atoms with Crippen LogP contribution in [0.25, 0.3) is 0 Å². The molecule has 0 aliphatic carbocycles. The van der Waals surface area contributed by atoms with E-state index in [9.17, 15) is 27.6 Å². The summed E-state index contributed by atoms with van der Waals surface area (Å²) in [4.78, 5) is 51.8. The predicted octanol–water partition coefficient (Wildman–Crippen LogP) is 0.889. The van der Waals surface area contributed by atoms with Crippen molar-refractivity contribution in [1.82, 2.24) is 5.06 Å². The second kappa shape index (κ2) is 17.7. The molecule has 0 bridgehead atoms. The molecule has 2 rings (SSSR count). The zero-order valence-corrected chi connectivity index (χ0v) is 24.2. The fourth-order valence-corrected chi connectivity index (χ4v) is 4.53. The fraction of sp³-hybridized carbons (Fsp3) is 0.600. The Morgan fingerprint density at radius 1 is 0.838 bits per heavy atom. The van der Waals surface area contributed by atoms with E-state index in [0.29, 0.717) is 19.4 Å². The van der Waals surface area contributed by atoms with Gasteiger partial charge in [-0.15, -0.1) is 5.06 Å². The van der Waals surface area contributed by atoms with Gasteiger partial charge in [0.05, 0.1) is 6.42 Å². The third kappa shape index (κ3) is 13.0. The van der Waals surface area contributed by atoms with Crippen LogP contribution in [0, 0.1) is 0 Å². The molecule has 1 aromatic rings. The van der Waals surface area contributed by atoms with E-state index >= 15 is 0 Å². The van der Waals surface area contributed by atoms with Crippen molar-refractivity contribution in [1.29, 1.82) is 0 Å². The molecule has 1 fully saturated rings. The van der Waals surface area contributed by atoms with Gasteiger partial charge in [-0.25, -0.2) is 4.79 Å². The van der Waals surface area contributed by atoms with Crippen LogP contribution in [0.2, 0.25) is 0 Å². The molecule has 200 valence electrons. The number of hydrogen-bond donors (Lipinski definition) is 1. The van der Waals surface area contributed by atoms with E-state index in [4.69, 9.17) is 14.1 Å². The van der Waals surface area contributed by atoms with E-state index in [-0.39, 0.29) is 47.0 Å². The molecule has 37 heavy (non-hydrogen) atoms. The van der Waals surface area contributed by atoms with Crippen LogP contribution in [-0.2, 0) is 45.5 Å². The first-order chi connectivity index (χ1) is 17.2. The van der Waals surface area contributed by atoms with Crippen LogP contribution >= 0.6 is 0 Å². The molecular weight excluding hydrogens is 513 g/mol. The molecule has 1 heterocycles. The molecule has 0 radical (unpaired) electrons. The first kappa shape index (κ1) is 33.2. The largest absolute Gasteiger partial charge is 1.00 e. The molecule has 2 amide bonds. The normalized spacial score (nSPS) is 15.4. The molecule has 1 saturated heterocycles. The van der Waals surface area contributed by atoms with Crippen LogP contribution in [0.4, 0.5) is 0 Å². The van der Waals surface area contributed by atoms with Gasteiger partial charge in [0.1, 0.15) is 6.61 Å². The van der Waals surface area contributed by atoms with Crippen LogP contribution in [0.1, 0.15) is 89.0 Å². The van der Waals surface area contributed by atoms with Gasteiger partial charge in [-0.3, -0.25) is 18.9 Å². The average Bonchev–Trinajstić information content (AvgIpc) is 3.12. The minimum Gasteiger partial charge on any atom is -0.461 e. The van der Waals surface area contributed by atoms with Gasteiger partial charge in [-0.05, 0) is 18.4 Å². The third-order valence-electron chi connectivity index (χ3n) is 5.87. The molecular formula is C25H35NNaO9S+. The number of benzene rings is 1. The summed E-state index contributed by atoms with van der Waals surface area (Å²) in [7, 11) is -4.73. The Labute approximate surface area is 240 Å². The minimum absolute atomic E-state index is 0. The van der Waals surface area contributed by atoms with Crippen molar-refractivity contribution < 1.29 is 71.3 Å². The first-order valence-electron chi connectivity index (χ1n) is 12.4. The van der Waals surface area contributed by atoms with Gasteiger partial charge < -0.3 is 9.57 Å². The number of amides is 2. The number of hydroxylamine groups is 2. The van der Waals surface area contributed by atoms with Crippen LogP contribution in [0.3, 0.4) is 0 Å². The average molecular weight is 549 g/mol. The number of nitrogens with zero attached hydrogens (tertiary/aromatic N) is 1. The molecule has 1 atom stereocenters. The van der Waals surface area contributed by atoms with E-state index in [2.05, 4.69) is 0 Å². The number of unbranched alkanes of at least 4 members (excludes halogenated alkanes) is 9. The maximum absolute atomic E-state index is 11.8. The SMILES string of the molecule is O=C(CCCCCCCCCCCCC(=O)ON1C(=O)CC(S(=O)(=O)O)C1=O)OCc1ccccc1.[Na+]. The Hall–Kier alpha value is -1.79. The zero-order valence-electron chi connectivity index (χ0n) is 21.4. The van der Waals surface area contributed by atoms with E-state index < -0.39 is 39.6 Å². The predicted molar refractivity (Wildman–Crippen MR) is 130 cm³/mol. The Bertz CT molecular complexity index is 985. The second-order valence-corrected chi connectivity index (χ2v) is 10.5. The summed E-state index contributed by atoms with van der Waals surface area (Å²) in [5.74, 6) is -3.18. The van der Waals surface area contributed by atoms with Crippen LogP contribution in [-0.4, -0.2) is 47.0 Å². The van der Waals surface area contributed by atoms with Crippen LogP contribution in [0.5, 0.6) is 0 Å². The summed E-state index contributed by atoms with van der Waals surface area (Å²) in [5.41, 5.74) is 0.984. The van der Waals surface area contributed by atoms with Crippen molar-refractivity contribution in [3.8, 4) is 0 Å². The number of ether oxygens (including phenoxy) is 1. The van der Waals surface area contributed by atoms with E-state index in [1.165, 1.54) is 0 Å². The van der Waals surface area contributed by atoms with Crippen LogP contribution in [0.15, 0.2) is 30.3 Å². The summed E-state index contributed by atoms with van der Waals surface area (Å²) >= 11 is 0. The monoisotopic (exact) mass is 548 g/mol. The van der Waals surface area contributed by atoms with Gasteiger partial charge in [-0.2, -0.15) is 8.42 Å². The summed E-state index contributed by atoms with van der Waals surface area (Å²) in [6.07, 6.45) is 9.16. The van der Waals surface area contributed by atoms with Crippen molar-refractivity contribution in [3.63, 3.8) is 0 Å². The number of imide groups is 1. The zero-order chi connectivity index (χ0) is 26.4. The fourth-order valence-electron chi connectivity index (χ4n) is 3.82. The van der Waals surface area contributed by atoms with Gasteiger partial charge in [0.25, 0.3) is 21.9 Å². The molecule has 1 N–H and O–H groups in total. The van der Waals surface area contributed by atoms with Crippen molar-refractivity contribution in [2.24, 2.45) is 0 Å². The number of carbonyl (C=O) groups is 4. The molecule has 1 aliphatic rings. The molecule has 0 aromatic heterocycles. The standard InChI is InChI=1S/C25H35NO9S.Na/c27-22-18-21(36(31,32)33)25(30)26(22)35-24(29)17-13-8-6-4-2-1-3-5-7-12-16-23(28)34-19-20-14-10-9-11-15-20;/h9-11,14-15,21H,1-8,12-13,16-19H2,(H,31,32,33);/q;+1. The molecule has 10 nitrogen and oxygen atoms in total. The Morgan fingerprint density at radius 2 is 1.32 bits per heavy atom. The summed E-state index contributed by atoms with van der Waals surface area (Å²) < 4.78 is 36.4. The van der Waals surface area contributed by atoms with E-state index in [1.807, 2.05) is 30.3 Å². The molecule has 0 saturated carbocycles. The van der Waals surface area contributed by atoms with Crippen LogP contribution < -0.4 is 29.6 Å². The Balaban J connectivity index is 0.00000684. The molecule has 12 heteroatoms. The van der Waals surface area contributed by atoms with E-state index in [1.54, 1.807) is 0 Å². The number of hydrogen-bond acceptors (Lipinski definition) is 8. The number of esters is 1. The topological polar surface area (TPSA) is 144 Å². The number of carbonyl (C=O) groups excluding carboxylic acids is 4. The van der Waals surface area contributed by atoms with Gasteiger partial charge in [-0.1, -0.05) is 81.7 Å². The molecule has 1 aromatic carbocycles. The maximum Gasteiger partial charge on any atom is 1.00 e. The Kier molecular flexibility index (Phi) is 15.9. The maximum atomic E-state index is 11.8. The van der Waals surface area contributed by atoms with Crippen molar-refractivity contribution in [2.45, 2.75) is 95.3 Å². The molecule has 0 spiro atoms. The third-order valence-corrected chi connectivity index (χ3v) is 6.96. The molecule has 1 unspecified atom stereocenters. The quantitative estimate of drug-likeness (QED) is 0.0986. The van der Waals surface area contributed by atoms with Gasteiger partial charge in [0.15, 0.2) is 5.25 Å².